The lowest BCUT2D eigenvalue weighted by atomic mass is 9.91. The molecule has 0 bridgehead atoms. The molecule has 2 aromatic rings. The summed E-state index contributed by atoms with van der Waals surface area (Å²) in [5.41, 5.74) is 9.06. The Morgan fingerprint density at radius 2 is 1.97 bits per heavy atom. The van der Waals surface area contributed by atoms with Crippen LogP contribution in [-0.4, -0.2) is 39.3 Å². The lowest BCUT2D eigenvalue weighted by Gasteiger charge is -2.25. The highest BCUT2D eigenvalue weighted by Gasteiger charge is 2.34. The molecule has 2 heterocycles. The fourth-order valence-corrected chi connectivity index (χ4v) is 6.23. The van der Waals surface area contributed by atoms with E-state index in [1.165, 1.54) is 30.6 Å². The van der Waals surface area contributed by atoms with Crippen molar-refractivity contribution >= 4 is 51.3 Å². The van der Waals surface area contributed by atoms with Crippen LogP contribution in [0.5, 0.6) is 0 Å². The maximum Gasteiger partial charge on any atom is 0.254 e. The lowest BCUT2D eigenvalue weighted by Crippen LogP contribution is -2.46. The zero-order valence-corrected chi connectivity index (χ0v) is 22.1. The number of hydrogen-bond donors (Lipinski definition) is 5. The van der Waals surface area contributed by atoms with Crippen molar-refractivity contribution in [2.24, 2.45) is 18.9 Å². The molecule has 5 N–H and O–H groups in total. The van der Waals surface area contributed by atoms with Gasteiger partial charge in [-0.3, -0.25) is 25.1 Å². The number of hydrazine groups is 1. The molecule has 0 aliphatic heterocycles. The highest BCUT2D eigenvalue weighted by atomic mass is 32.1. The number of aromatic nitrogens is 2. The molecule has 192 valence electrons. The maximum absolute atomic E-state index is 13.2. The van der Waals surface area contributed by atoms with Gasteiger partial charge in [-0.05, 0) is 81.5 Å². The average Bonchev–Trinajstić information content (AvgIpc) is 3.73. The van der Waals surface area contributed by atoms with E-state index in [9.17, 15) is 9.59 Å². The third-order valence-electron chi connectivity index (χ3n) is 7.45. The number of amides is 2. The lowest BCUT2D eigenvalue weighted by molar-refractivity contribution is -0.117. The standard InChI is InChI=1S/C25H33N7O2S2/c1-32-20(11-18(31-32)14-4-5-14)29-30-25(35)27-16-8-9-19-17(10-16)21(23(34)26-12-13-2-3-13)24(36-19)28-22(33)15-6-7-15/h11,13-16,29H,2-10,12H2,1H3,(H,26,34)(H,28,33)(H2,27,30,35)/t16-/m0/s1. The highest BCUT2D eigenvalue weighted by Crippen LogP contribution is 2.41. The molecule has 0 unspecified atom stereocenters. The van der Waals surface area contributed by atoms with E-state index < -0.39 is 0 Å². The molecule has 1 atom stereocenters. The predicted octanol–water partition coefficient (Wildman–Crippen LogP) is 3.20. The minimum Gasteiger partial charge on any atom is -0.358 e. The van der Waals surface area contributed by atoms with Crippen LogP contribution in [0.4, 0.5) is 10.8 Å². The smallest absolute Gasteiger partial charge is 0.254 e. The Balaban J connectivity index is 1.11. The molecule has 11 heteroatoms. The zero-order chi connectivity index (χ0) is 24.8. The zero-order valence-electron chi connectivity index (χ0n) is 20.5. The van der Waals surface area contributed by atoms with E-state index >= 15 is 0 Å². The number of fused-ring (bicyclic) bond motifs is 1. The van der Waals surface area contributed by atoms with Gasteiger partial charge in [0.1, 0.15) is 10.8 Å². The fraction of sp³-hybridized carbons (Fsp3) is 0.600. The minimum atomic E-state index is -0.0730. The van der Waals surface area contributed by atoms with Crippen molar-refractivity contribution in [1.82, 2.24) is 25.8 Å². The number of hydrogen-bond acceptors (Lipinski definition) is 6. The second-order valence-electron chi connectivity index (χ2n) is 10.6. The van der Waals surface area contributed by atoms with Crippen LogP contribution in [-0.2, 0) is 24.7 Å². The van der Waals surface area contributed by atoms with Crippen LogP contribution >= 0.6 is 23.6 Å². The second-order valence-corrected chi connectivity index (χ2v) is 12.2. The van der Waals surface area contributed by atoms with Gasteiger partial charge in [-0.25, -0.2) is 0 Å². The number of nitrogens with zero attached hydrogens (tertiary/aromatic N) is 2. The van der Waals surface area contributed by atoms with Crippen molar-refractivity contribution in [3.63, 3.8) is 0 Å². The number of carbonyl (C=O) groups excluding carboxylic acids is 2. The summed E-state index contributed by atoms with van der Waals surface area (Å²) >= 11 is 7.12. The first kappa shape index (κ1) is 23.7. The van der Waals surface area contributed by atoms with E-state index in [4.69, 9.17) is 12.2 Å². The van der Waals surface area contributed by atoms with Crippen molar-refractivity contribution in [2.75, 3.05) is 17.3 Å². The normalized spacial score (nSPS) is 20.9. The molecule has 0 saturated heterocycles. The largest absolute Gasteiger partial charge is 0.358 e. The van der Waals surface area contributed by atoms with Crippen LogP contribution < -0.4 is 26.8 Å². The van der Waals surface area contributed by atoms with Crippen molar-refractivity contribution in [3.05, 3.63) is 27.8 Å². The fourth-order valence-electron chi connectivity index (χ4n) is 4.77. The Labute approximate surface area is 220 Å². The van der Waals surface area contributed by atoms with E-state index in [-0.39, 0.29) is 23.8 Å². The van der Waals surface area contributed by atoms with Gasteiger partial charge in [0.05, 0.1) is 11.3 Å². The van der Waals surface area contributed by atoms with Crippen LogP contribution in [0, 0.1) is 11.8 Å². The molecule has 0 spiro atoms. The number of thiocarbonyl (C=S) groups is 1. The van der Waals surface area contributed by atoms with Crippen molar-refractivity contribution in [3.8, 4) is 0 Å². The highest BCUT2D eigenvalue weighted by molar-refractivity contribution is 7.80. The molecule has 4 aliphatic carbocycles. The van der Waals surface area contributed by atoms with Crippen LogP contribution in [0.15, 0.2) is 6.07 Å². The van der Waals surface area contributed by atoms with Gasteiger partial charge in [0.15, 0.2) is 5.11 Å². The van der Waals surface area contributed by atoms with E-state index in [1.807, 2.05) is 11.7 Å². The number of anilines is 2. The third-order valence-corrected chi connectivity index (χ3v) is 8.88. The predicted molar refractivity (Wildman–Crippen MR) is 144 cm³/mol. The molecule has 3 fully saturated rings. The van der Waals surface area contributed by atoms with Gasteiger partial charge in [0.2, 0.25) is 5.91 Å². The Morgan fingerprint density at radius 3 is 2.69 bits per heavy atom. The number of rotatable bonds is 9. The number of carbonyl (C=O) groups is 2. The molecule has 3 saturated carbocycles. The average molecular weight is 528 g/mol. The second kappa shape index (κ2) is 9.66. The van der Waals surface area contributed by atoms with Gasteiger partial charge in [0.25, 0.3) is 5.91 Å². The minimum absolute atomic E-state index is 0.0379. The molecule has 36 heavy (non-hydrogen) atoms. The van der Waals surface area contributed by atoms with E-state index in [0.717, 1.165) is 42.8 Å². The molecular formula is C25H33N7O2S2. The monoisotopic (exact) mass is 527 g/mol. The summed E-state index contributed by atoms with van der Waals surface area (Å²) in [5.74, 6) is 2.12. The van der Waals surface area contributed by atoms with Gasteiger partial charge in [-0.15, -0.1) is 11.3 Å². The van der Waals surface area contributed by atoms with Crippen LogP contribution in [0.25, 0.3) is 0 Å². The van der Waals surface area contributed by atoms with Gasteiger partial charge < -0.3 is 16.0 Å². The van der Waals surface area contributed by atoms with Crippen LogP contribution in [0.1, 0.15) is 77.4 Å². The summed E-state index contributed by atoms with van der Waals surface area (Å²) in [6.45, 7) is 0.706. The Morgan fingerprint density at radius 1 is 1.17 bits per heavy atom. The molecule has 9 nitrogen and oxygen atoms in total. The molecule has 2 aromatic heterocycles. The third kappa shape index (κ3) is 5.36. The van der Waals surface area contributed by atoms with Gasteiger partial charge in [-0.1, -0.05) is 0 Å². The molecule has 0 radical (unpaired) electrons. The van der Waals surface area contributed by atoms with Crippen molar-refractivity contribution < 1.29 is 9.59 Å². The number of thiophene rings is 1. The van der Waals surface area contributed by atoms with Gasteiger partial charge in [0, 0.05) is 42.4 Å². The summed E-state index contributed by atoms with van der Waals surface area (Å²) in [7, 11) is 1.92. The van der Waals surface area contributed by atoms with Gasteiger partial charge >= 0.3 is 0 Å². The molecule has 2 amide bonds. The molecule has 6 rings (SSSR count). The SMILES string of the molecule is Cn1nc(C2CC2)cc1NNC(=S)N[C@H]1CCc2sc(NC(=O)C3CC3)c(C(=O)NCC3CC3)c2C1. The topological polar surface area (TPSA) is 112 Å². The first-order valence-electron chi connectivity index (χ1n) is 13.0. The first-order chi connectivity index (χ1) is 17.4. The van der Waals surface area contributed by atoms with E-state index in [1.54, 1.807) is 11.3 Å². The Hall–Kier alpha value is -2.66. The summed E-state index contributed by atoms with van der Waals surface area (Å²) in [4.78, 5) is 26.9. The Kier molecular flexibility index (Phi) is 6.37. The van der Waals surface area contributed by atoms with Gasteiger partial charge in [-0.2, -0.15) is 5.10 Å². The van der Waals surface area contributed by atoms with Crippen LogP contribution in [0.2, 0.25) is 0 Å². The molecule has 4 aliphatic rings. The maximum atomic E-state index is 13.2. The van der Waals surface area contributed by atoms with E-state index in [2.05, 4.69) is 38.0 Å². The summed E-state index contributed by atoms with van der Waals surface area (Å²) in [5, 5.41) is 15.4. The van der Waals surface area contributed by atoms with E-state index in [0.29, 0.717) is 40.5 Å². The first-order valence-corrected chi connectivity index (χ1v) is 14.3. The van der Waals surface area contributed by atoms with Crippen molar-refractivity contribution in [1.29, 1.82) is 0 Å². The quantitative estimate of drug-likeness (QED) is 0.252. The van der Waals surface area contributed by atoms with Crippen molar-refractivity contribution in [2.45, 2.75) is 69.7 Å². The number of aryl methyl sites for hydroxylation is 2. The molecular weight excluding hydrogens is 494 g/mol. The summed E-state index contributed by atoms with van der Waals surface area (Å²) in [6.07, 6.45) is 9.10. The summed E-state index contributed by atoms with van der Waals surface area (Å²) < 4.78 is 1.82. The summed E-state index contributed by atoms with van der Waals surface area (Å²) in [6, 6.07) is 2.17. The Bertz CT molecular complexity index is 1190. The molecule has 0 aromatic carbocycles. The number of nitrogens with one attached hydrogen (secondary N) is 5. The van der Waals surface area contributed by atoms with Crippen LogP contribution in [0.3, 0.4) is 0 Å².